The molecule has 2 N–H and O–H groups in total. The molecular weight excluding hydrogens is 504 g/mol. The average molecular weight is 541 g/mol. The normalized spacial score (nSPS) is 25.6. The molecule has 6 atom stereocenters. The van der Waals surface area contributed by atoms with Gasteiger partial charge in [-0.25, -0.2) is 4.79 Å². The molecule has 3 fully saturated rings. The van der Waals surface area contributed by atoms with Crippen molar-refractivity contribution in [2.24, 2.45) is 5.92 Å². The lowest BCUT2D eigenvalue weighted by Crippen LogP contribution is -2.48. The zero-order chi connectivity index (χ0) is 27.6. The number of carbonyl (C=O) groups is 2. The molecule has 3 aromatic carbocycles. The number of benzene rings is 3. The second-order valence-electron chi connectivity index (χ2n) is 11.4. The highest BCUT2D eigenvalue weighted by atomic mass is 16.6. The van der Waals surface area contributed by atoms with E-state index in [1.54, 1.807) is 0 Å². The second-order valence-corrected chi connectivity index (χ2v) is 11.4. The van der Waals surface area contributed by atoms with E-state index in [1.165, 1.54) is 0 Å². The molecule has 3 aliphatic rings. The largest absolute Gasteiger partial charge is 0.481 e. The van der Waals surface area contributed by atoms with Crippen LogP contribution in [0.5, 0.6) is 0 Å². The number of aryl methyl sites for hydroxylation is 1. The molecule has 1 amide bonds. The molecule has 0 aliphatic carbocycles. The number of aliphatic carboxylic acids is 1. The van der Waals surface area contributed by atoms with E-state index >= 15 is 0 Å². The molecule has 0 spiro atoms. The lowest BCUT2D eigenvalue weighted by molar-refractivity contribution is -0.142. The summed E-state index contributed by atoms with van der Waals surface area (Å²) in [5, 5.41) is 12.8. The Morgan fingerprint density at radius 3 is 2.33 bits per heavy atom. The van der Waals surface area contributed by atoms with Crippen LogP contribution in [0.1, 0.15) is 36.8 Å². The van der Waals surface area contributed by atoms with Crippen LogP contribution in [0.25, 0.3) is 11.1 Å². The molecule has 208 valence electrons. The van der Waals surface area contributed by atoms with E-state index in [0.717, 1.165) is 47.9 Å². The number of carbonyl (C=O) groups excluding carboxylic acids is 1. The molecule has 3 heterocycles. The minimum atomic E-state index is -0.764. The van der Waals surface area contributed by atoms with Crippen LogP contribution in [0.4, 0.5) is 10.5 Å². The van der Waals surface area contributed by atoms with Gasteiger partial charge in [-0.2, -0.15) is 0 Å². The third-order valence-corrected chi connectivity index (χ3v) is 8.75. The number of nitrogens with one attached hydrogen (secondary N) is 1. The minimum Gasteiger partial charge on any atom is -0.481 e. The summed E-state index contributed by atoms with van der Waals surface area (Å²) in [7, 11) is 2.14. The average Bonchev–Trinajstić information content (AvgIpc) is 3.72. The number of ether oxygens (including phenoxy) is 2. The summed E-state index contributed by atoms with van der Waals surface area (Å²) in [5.41, 5.74) is 4.72. The molecule has 3 aliphatic heterocycles. The number of carboxylic acid groups (broad SMARTS) is 1. The number of nitrogens with zero attached hydrogens (tertiary/aromatic N) is 1. The fourth-order valence-electron chi connectivity index (χ4n) is 6.57. The topological polar surface area (TPSA) is 91.4 Å². The Hall–Kier alpha value is -3.68. The summed E-state index contributed by atoms with van der Waals surface area (Å²) in [5.74, 6) is -1.19. The molecule has 6 rings (SSSR count). The maximum Gasteiger partial charge on any atom is 0.411 e. The van der Waals surface area contributed by atoms with Gasteiger partial charge in [-0.15, -0.1) is 0 Å². The van der Waals surface area contributed by atoms with Crippen LogP contribution < -0.4 is 5.32 Å². The maximum atomic E-state index is 13.1. The Bertz CT molecular complexity index is 1330. The number of morpholine rings is 1. The predicted molar refractivity (Wildman–Crippen MR) is 153 cm³/mol. The van der Waals surface area contributed by atoms with Gasteiger partial charge >= 0.3 is 12.1 Å². The van der Waals surface area contributed by atoms with Crippen molar-refractivity contribution in [2.75, 3.05) is 12.4 Å². The highest BCUT2D eigenvalue weighted by molar-refractivity contribution is 5.91. The highest BCUT2D eigenvalue weighted by Crippen LogP contribution is 2.48. The zero-order valence-electron chi connectivity index (χ0n) is 22.7. The SMILES string of the molecule is CN1[C@@H]2CC(OC(=O)Nc3cc(CCCC(Cc4ccccc4)C(=O)O)ccc3-c3ccccc3)C[C@H]1[C@@H]1O[C@@H]12. The van der Waals surface area contributed by atoms with Gasteiger partial charge in [-0.1, -0.05) is 72.8 Å². The van der Waals surface area contributed by atoms with E-state index < -0.39 is 18.0 Å². The van der Waals surface area contributed by atoms with Crippen LogP contribution in [-0.4, -0.2) is 59.5 Å². The number of amides is 1. The van der Waals surface area contributed by atoms with Crippen molar-refractivity contribution in [1.82, 2.24) is 4.90 Å². The van der Waals surface area contributed by atoms with E-state index in [9.17, 15) is 14.7 Å². The first-order valence-corrected chi connectivity index (χ1v) is 14.3. The van der Waals surface area contributed by atoms with Crippen molar-refractivity contribution in [3.05, 3.63) is 90.0 Å². The van der Waals surface area contributed by atoms with E-state index in [0.29, 0.717) is 42.8 Å². The fourth-order valence-corrected chi connectivity index (χ4v) is 6.57. The van der Waals surface area contributed by atoms with Crippen molar-refractivity contribution in [2.45, 2.75) is 68.9 Å². The van der Waals surface area contributed by atoms with Gasteiger partial charge in [0.25, 0.3) is 0 Å². The van der Waals surface area contributed by atoms with Gasteiger partial charge < -0.3 is 14.6 Å². The molecule has 0 aromatic heterocycles. The van der Waals surface area contributed by atoms with Crippen LogP contribution in [0.2, 0.25) is 0 Å². The monoisotopic (exact) mass is 540 g/mol. The summed E-state index contributed by atoms with van der Waals surface area (Å²) in [6.45, 7) is 0. The number of hydrogen-bond donors (Lipinski definition) is 2. The van der Waals surface area contributed by atoms with Gasteiger partial charge in [0.05, 0.1) is 11.6 Å². The molecule has 3 saturated heterocycles. The van der Waals surface area contributed by atoms with Crippen LogP contribution in [-0.2, 0) is 27.1 Å². The van der Waals surface area contributed by atoms with Crippen LogP contribution in [0.15, 0.2) is 78.9 Å². The summed E-state index contributed by atoms with van der Waals surface area (Å²) >= 11 is 0. The standard InChI is InChI=1S/C33H36N2O5/c1-35-28-19-25(20-29(35)31-30(28)40-31)39-33(38)34-27-18-22(15-16-26(27)23-12-6-3-7-13-23)11-8-14-24(32(36)37)17-21-9-4-2-5-10-21/h2-7,9-10,12-13,15-16,18,24-25,28-31H,8,11,14,17,19-20H2,1H3,(H,34,38)(H,36,37)/t24?,25?,28-,29+,30-,31+. The maximum absolute atomic E-state index is 13.1. The van der Waals surface area contributed by atoms with E-state index in [-0.39, 0.29) is 6.10 Å². The molecule has 7 heteroatoms. The number of hydrogen-bond acceptors (Lipinski definition) is 5. The van der Waals surface area contributed by atoms with Crippen LogP contribution in [0, 0.1) is 5.92 Å². The number of piperidine rings is 1. The van der Waals surface area contributed by atoms with Crippen molar-refractivity contribution >= 4 is 17.7 Å². The van der Waals surface area contributed by atoms with Gasteiger partial charge in [-0.3, -0.25) is 15.0 Å². The summed E-state index contributed by atoms with van der Waals surface area (Å²) in [6.07, 6.45) is 4.17. The summed E-state index contributed by atoms with van der Waals surface area (Å²) in [4.78, 5) is 27.4. The van der Waals surface area contributed by atoms with Crippen molar-refractivity contribution < 1.29 is 24.2 Å². The summed E-state index contributed by atoms with van der Waals surface area (Å²) in [6, 6.07) is 26.5. The summed E-state index contributed by atoms with van der Waals surface area (Å²) < 4.78 is 11.7. The first-order valence-electron chi connectivity index (χ1n) is 14.3. The number of anilines is 1. The first kappa shape index (κ1) is 26.5. The van der Waals surface area contributed by atoms with Crippen molar-refractivity contribution in [3.8, 4) is 11.1 Å². The number of fused-ring (bicyclic) bond motifs is 5. The second kappa shape index (κ2) is 11.4. The zero-order valence-corrected chi connectivity index (χ0v) is 22.7. The first-order chi connectivity index (χ1) is 19.5. The number of rotatable bonds is 10. The number of likely N-dealkylation sites (N-methyl/N-ethyl adjacent to an activating group) is 1. The quantitative estimate of drug-likeness (QED) is 0.317. The van der Waals surface area contributed by atoms with Gasteiger partial charge in [-0.05, 0) is 55.5 Å². The third kappa shape index (κ3) is 5.76. The molecule has 3 aromatic rings. The Labute approximate surface area is 235 Å². The molecule has 40 heavy (non-hydrogen) atoms. The Balaban J connectivity index is 1.12. The molecular formula is C33H36N2O5. The smallest absolute Gasteiger partial charge is 0.411 e. The Morgan fingerprint density at radius 2 is 1.65 bits per heavy atom. The van der Waals surface area contributed by atoms with E-state index in [1.807, 2.05) is 72.8 Å². The number of epoxide rings is 1. The molecule has 2 bridgehead atoms. The highest BCUT2D eigenvalue weighted by Gasteiger charge is 2.62. The predicted octanol–water partition coefficient (Wildman–Crippen LogP) is 5.78. The van der Waals surface area contributed by atoms with E-state index in [2.05, 4.69) is 23.3 Å². The molecule has 2 unspecified atom stereocenters. The van der Waals surface area contributed by atoms with Gasteiger partial charge in [0.1, 0.15) is 18.3 Å². The van der Waals surface area contributed by atoms with Gasteiger partial charge in [0.15, 0.2) is 0 Å². The van der Waals surface area contributed by atoms with Crippen LogP contribution in [0.3, 0.4) is 0 Å². The third-order valence-electron chi connectivity index (χ3n) is 8.75. The Morgan fingerprint density at radius 1 is 0.975 bits per heavy atom. The van der Waals surface area contributed by atoms with Gasteiger partial charge in [0.2, 0.25) is 0 Å². The lowest BCUT2D eigenvalue weighted by Gasteiger charge is -2.37. The van der Waals surface area contributed by atoms with Gasteiger partial charge in [0, 0.05) is 30.5 Å². The molecule has 0 saturated carbocycles. The van der Waals surface area contributed by atoms with Crippen LogP contribution >= 0.6 is 0 Å². The fraction of sp³-hybridized carbons (Fsp3) is 0.394. The molecule has 7 nitrogen and oxygen atoms in total. The minimum absolute atomic E-state index is 0.122. The van der Waals surface area contributed by atoms with E-state index in [4.69, 9.17) is 9.47 Å². The van der Waals surface area contributed by atoms with Crippen molar-refractivity contribution in [1.29, 1.82) is 0 Å². The van der Waals surface area contributed by atoms with Crippen molar-refractivity contribution in [3.63, 3.8) is 0 Å². The Kier molecular flexibility index (Phi) is 7.59. The molecule has 0 radical (unpaired) electrons. The lowest BCUT2D eigenvalue weighted by atomic mass is 9.92. The number of carboxylic acids is 1.